The number of hydrogen-bond donors (Lipinski definition) is 2. The molecule has 8 heteroatoms. The Morgan fingerprint density at radius 2 is 1.77 bits per heavy atom. The number of thioether (sulfide) groups is 1. The topological polar surface area (TPSA) is 57.5 Å². The predicted molar refractivity (Wildman–Crippen MR) is 36.6 cm³/mol. The number of carboxylic acid groups (broad SMARTS) is 1. The first kappa shape index (κ1) is 29.2. The summed E-state index contributed by atoms with van der Waals surface area (Å²) in [6.07, 6.45) is 1.02. The first-order valence-electron chi connectivity index (χ1n) is 2.58. The second-order valence-corrected chi connectivity index (χ2v) is 2.62. The average Bonchev–Trinajstić information content (AvgIpc) is 1.82. The van der Waals surface area contributed by atoms with E-state index >= 15 is 0 Å². The molecule has 0 saturated carbocycles. The summed E-state index contributed by atoms with van der Waals surface area (Å²) < 4.78 is 0. The number of aliphatic carboxylic acids is 1. The summed E-state index contributed by atoms with van der Waals surface area (Å²) in [6, 6.07) is 0. The second kappa shape index (κ2) is 18.9. The van der Waals surface area contributed by atoms with Gasteiger partial charge in [0.25, 0.3) is 0 Å². The summed E-state index contributed by atoms with van der Waals surface area (Å²) in [4.78, 5) is 9.95. The summed E-state index contributed by atoms with van der Waals surface area (Å²) >= 11 is 1.52. The Bertz CT molecular complexity index is 109. The van der Waals surface area contributed by atoms with Gasteiger partial charge in [-0.2, -0.15) is 11.8 Å². The molecule has 0 fully saturated rings. The minimum atomic E-state index is -1.18. The Hall–Kier alpha value is 1.17. The predicted octanol–water partition coefficient (Wildman–Crippen LogP) is -8.81. The van der Waals surface area contributed by atoms with Gasteiger partial charge in [-0.3, -0.25) is 0 Å². The third kappa shape index (κ3) is 19.5. The number of carbonyl (C=O) groups is 1. The van der Waals surface area contributed by atoms with E-state index in [9.17, 15) is 4.79 Å². The number of carboxylic acids is 1. The summed E-state index contributed by atoms with van der Waals surface area (Å²) in [6.45, 7) is 0. The number of halogens is 3. The van der Waals surface area contributed by atoms with Gasteiger partial charge in [0.2, 0.25) is 0 Å². The normalized spacial score (nSPS) is 9.08. The van der Waals surface area contributed by atoms with E-state index in [2.05, 4.69) is 0 Å². The molecule has 3 nitrogen and oxygen atoms in total. The number of hydrogen-bond acceptors (Lipinski definition) is 3. The van der Waals surface area contributed by atoms with Crippen LogP contribution in [-0.2, 0) is 21.9 Å². The van der Waals surface area contributed by atoms with E-state index in [0.717, 1.165) is 0 Å². The van der Waals surface area contributed by atoms with Crippen LogP contribution in [0.1, 0.15) is 6.42 Å². The fourth-order valence-corrected chi connectivity index (χ4v) is 0.812. The molecule has 0 aliphatic rings. The van der Waals surface area contributed by atoms with Crippen LogP contribution in [-0.4, -0.2) is 34.3 Å². The van der Waals surface area contributed by atoms with E-state index in [-0.39, 0.29) is 54.3 Å². The standard InChI is InChI=1S/C5H10O3S.3ClH.Fe/c1-9-3-2-4(6)5(7)8;;;;/h4,6H,2-3H2,1H3,(H,7,8);3*1H;/q;;;;+3/p-3. The van der Waals surface area contributed by atoms with Gasteiger partial charge in [-0.1, -0.05) is 0 Å². The van der Waals surface area contributed by atoms with Crippen molar-refractivity contribution in [1.29, 1.82) is 0 Å². The van der Waals surface area contributed by atoms with E-state index < -0.39 is 12.1 Å². The largest absolute Gasteiger partial charge is 3.00 e. The monoisotopic (exact) mass is 311 g/mol. The van der Waals surface area contributed by atoms with Gasteiger partial charge >= 0.3 is 23.0 Å². The first-order valence-corrected chi connectivity index (χ1v) is 3.97. The van der Waals surface area contributed by atoms with Gasteiger partial charge in [0.15, 0.2) is 6.10 Å². The van der Waals surface area contributed by atoms with Crippen molar-refractivity contribution < 1.29 is 69.3 Å². The molecule has 1 atom stereocenters. The maximum Gasteiger partial charge on any atom is 3.00 e. The molecule has 0 rings (SSSR count). The van der Waals surface area contributed by atoms with Crippen molar-refractivity contribution in [2.24, 2.45) is 0 Å². The molecule has 0 amide bonds. The zero-order valence-electron chi connectivity index (χ0n) is 6.69. The molecule has 0 spiro atoms. The average molecular weight is 312 g/mol. The van der Waals surface area contributed by atoms with Gasteiger partial charge in [-0.25, -0.2) is 4.79 Å². The summed E-state index contributed by atoms with van der Waals surface area (Å²) in [5, 5.41) is 16.8. The Kier molecular flexibility index (Phi) is 42.4. The molecule has 83 valence electrons. The second-order valence-electron chi connectivity index (χ2n) is 1.64. The minimum absolute atomic E-state index is 0. The van der Waals surface area contributed by atoms with Gasteiger partial charge < -0.3 is 47.4 Å². The van der Waals surface area contributed by atoms with Crippen LogP contribution in [0.15, 0.2) is 0 Å². The van der Waals surface area contributed by atoms with Gasteiger partial charge in [-0.05, 0) is 18.4 Å². The molecule has 0 aromatic heterocycles. The molecule has 0 aromatic carbocycles. The maximum absolute atomic E-state index is 9.95. The van der Waals surface area contributed by atoms with Crippen LogP contribution in [0.4, 0.5) is 0 Å². The summed E-state index contributed by atoms with van der Waals surface area (Å²) in [7, 11) is 0. The van der Waals surface area contributed by atoms with Crippen LogP contribution in [0.3, 0.4) is 0 Å². The van der Waals surface area contributed by atoms with Crippen molar-refractivity contribution in [2.45, 2.75) is 12.5 Å². The summed E-state index contributed by atoms with van der Waals surface area (Å²) in [5.74, 6) is -0.447. The van der Waals surface area contributed by atoms with Crippen molar-refractivity contribution >= 4 is 17.7 Å². The quantitative estimate of drug-likeness (QED) is 0.506. The van der Waals surface area contributed by atoms with Crippen molar-refractivity contribution in [3.63, 3.8) is 0 Å². The van der Waals surface area contributed by atoms with Crippen molar-refractivity contribution in [3.8, 4) is 0 Å². The molecule has 0 aliphatic heterocycles. The van der Waals surface area contributed by atoms with Crippen LogP contribution in [0.25, 0.3) is 0 Å². The zero-order chi connectivity index (χ0) is 7.28. The Balaban J connectivity index is -0.0000000533. The molecule has 1 unspecified atom stereocenters. The van der Waals surface area contributed by atoms with E-state index in [1.165, 1.54) is 11.8 Å². The molecule has 0 aromatic rings. The SMILES string of the molecule is CSCCC(O)C(=O)O.[Cl-].[Cl-].[Cl-].[Fe+3]. The third-order valence-corrected chi connectivity index (χ3v) is 1.52. The third-order valence-electron chi connectivity index (χ3n) is 0.880. The van der Waals surface area contributed by atoms with Gasteiger partial charge in [0.1, 0.15) is 0 Å². The number of rotatable bonds is 4. The molecule has 0 heterocycles. The van der Waals surface area contributed by atoms with Crippen molar-refractivity contribution in [3.05, 3.63) is 0 Å². The summed E-state index contributed by atoms with van der Waals surface area (Å²) in [5.41, 5.74) is 0. The fraction of sp³-hybridized carbons (Fsp3) is 0.800. The number of aliphatic hydroxyl groups is 1. The molecule has 1 radical (unpaired) electrons. The van der Waals surface area contributed by atoms with E-state index in [1.54, 1.807) is 0 Å². The molecule has 2 N–H and O–H groups in total. The first-order chi connectivity index (χ1) is 4.18. The molecular weight excluding hydrogens is 302 g/mol. The molecule has 0 aliphatic carbocycles. The minimum Gasteiger partial charge on any atom is -1.00 e. The fourth-order valence-electron chi connectivity index (χ4n) is 0.353. The van der Waals surface area contributed by atoms with E-state index in [1.807, 2.05) is 6.26 Å². The molecular formula is C5H10Cl3FeO3S. The Morgan fingerprint density at radius 3 is 2.00 bits per heavy atom. The van der Waals surface area contributed by atoms with Crippen LogP contribution in [0, 0.1) is 0 Å². The number of aliphatic hydroxyl groups excluding tert-OH is 1. The van der Waals surface area contributed by atoms with Crippen LogP contribution < -0.4 is 37.2 Å². The zero-order valence-corrected chi connectivity index (χ0v) is 10.9. The molecule has 0 saturated heterocycles. The van der Waals surface area contributed by atoms with E-state index in [0.29, 0.717) is 12.2 Å². The maximum atomic E-state index is 9.95. The van der Waals surface area contributed by atoms with Gasteiger partial charge in [0, 0.05) is 0 Å². The van der Waals surface area contributed by atoms with Crippen molar-refractivity contribution in [2.75, 3.05) is 12.0 Å². The Labute approximate surface area is 111 Å². The van der Waals surface area contributed by atoms with E-state index in [4.69, 9.17) is 10.2 Å². The molecule has 13 heavy (non-hydrogen) atoms. The van der Waals surface area contributed by atoms with Crippen LogP contribution >= 0.6 is 11.8 Å². The van der Waals surface area contributed by atoms with Crippen molar-refractivity contribution in [1.82, 2.24) is 0 Å². The van der Waals surface area contributed by atoms with Crippen LogP contribution in [0.5, 0.6) is 0 Å². The molecule has 0 bridgehead atoms. The smallest absolute Gasteiger partial charge is 1.00 e. The van der Waals surface area contributed by atoms with Gasteiger partial charge in [-0.15, -0.1) is 0 Å². The Morgan fingerprint density at radius 1 is 1.38 bits per heavy atom. The van der Waals surface area contributed by atoms with Crippen LogP contribution in [0.2, 0.25) is 0 Å². The van der Waals surface area contributed by atoms with Gasteiger partial charge in [0.05, 0.1) is 0 Å².